The van der Waals surface area contributed by atoms with Crippen LogP contribution in [0.4, 0.5) is 0 Å². The fourth-order valence-electron chi connectivity index (χ4n) is 2.62. The molecule has 0 spiro atoms. The first kappa shape index (κ1) is 19.0. The zero-order valence-electron chi connectivity index (χ0n) is 14.9. The summed E-state index contributed by atoms with van der Waals surface area (Å²) in [7, 11) is 2.85. The van der Waals surface area contributed by atoms with Crippen LogP contribution in [0.2, 0.25) is 0 Å². The van der Waals surface area contributed by atoms with Gasteiger partial charge in [-0.15, -0.1) is 0 Å². The van der Waals surface area contributed by atoms with E-state index in [1.165, 1.54) is 7.11 Å². The van der Waals surface area contributed by atoms with Crippen molar-refractivity contribution < 1.29 is 28.5 Å². The van der Waals surface area contributed by atoms with Gasteiger partial charge in [-0.2, -0.15) is 0 Å². The largest absolute Gasteiger partial charge is 0.496 e. The Labute approximate surface area is 164 Å². The zero-order chi connectivity index (χ0) is 19.6. The summed E-state index contributed by atoms with van der Waals surface area (Å²) in [5, 5.41) is 0. The molecule has 140 valence electrons. The van der Waals surface area contributed by atoms with Gasteiger partial charge in [-0.3, -0.25) is 4.79 Å². The molecule has 2 aromatic carbocycles. The van der Waals surface area contributed by atoms with Gasteiger partial charge in [0.05, 0.1) is 19.8 Å². The molecule has 3 rings (SSSR count). The van der Waals surface area contributed by atoms with Crippen LogP contribution < -0.4 is 14.2 Å². The quantitative estimate of drug-likeness (QED) is 0.524. The average Bonchev–Trinajstić information content (AvgIpc) is 2.96. The lowest BCUT2D eigenvalue weighted by Gasteiger charge is -2.12. The number of rotatable bonds is 5. The Morgan fingerprint density at radius 3 is 2.67 bits per heavy atom. The van der Waals surface area contributed by atoms with Gasteiger partial charge in [0.15, 0.2) is 11.9 Å². The van der Waals surface area contributed by atoms with E-state index in [4.69, 9.17) is 14.2 Å². The summed E-state index contributed by atoms with van der Waals surface area (Å²) in [6.45, 7) is 1.58. The normalized spacial score (nSPS) is 15.1. The maximum atomic E-state index is 12.6. The number of ether oxygens (including phenoxy) is 4. The van der Waals surface area contributed by atoms with E-state index < -0.39 is 12.1 Å². The van der Waals surface area contributed by atoms with Crippen LogP contribution in [-0.4, -0.2) is 32.1 Å². The van der Waals surface area contributed by atoms with E-state index in [9.17, 15) is 9.59 Å². The number of fused-ring (bicyclic) bond motifs is 1. The van der Waals surface area contributed by atoms with E-state index in [0.29, 0.717) is 28.4 Å². The van der Waals surface area contributed by atoms with Gasteiger partial charge in [0.25, 0.3) is 0 Å². The molecule has 0 unspecified atom stereocenters. The molecule has 0 fully saturated rings. The lowest BCUT2D eigenvalue weighted by molar-refractivity contribution is -0.147. The molecule has 1 aliphatic rings. The summed E-state index contributed by atoms with van der Waals surface area (Å²) < 4.78 is 22.0. The Balaban J connectivity index is 1.87. The minimum Gasteiger partial charge on any atom is -0.496 e. The van der Waals surface area contributed by atoms with Crippen LogP contribution in [0, 0.1) is 0 Å². The number of ketones is 1. The number of hydrogen-bond donors (Lipinski definition) is 0. The molecule has 0 radical (unpaired) electrons. The van der Waals surface area contributed by atoms with Gasteiger partial charge in [-0.05, 0) is 43.3 Å². The molecule has 2 aromatic rings. The second-order valence-corrected chi connectivity index (χ2v) is 6.68. The molecular weight excluding hydrogens is 416 g/mol. The van der Waals surface area contributed by atoms with Crippen molar-refractivity contribution in [3.63, 3.8) is 0 Å². The smallest absolute Gasteiger partial charge is 0.346 e. The topological polar surface area (TPSA) is 71.1 Å². The molecule has 6 nitrogen and oxygen atoms in total. The minimum atomic E-state index is -0.772. The van der Waals surface area contributed by atoms with Crippen LogP contribution in [0.5, 0.6) is 17.2 Å². The fraction of sp³-hybridized carbons (Fsp3) is 0.200. The van der Waals surface area contributed by atoms with Crippen LogP contribution in [0.15, 0.2) is 46.6 Å². The predicted molar refractivity (Wildman–Crippen MR) is 102 cm³/mol. The standard InChI is InChI=1S/C20H17BrO6/c1-11(20(23)25-3)26-14-5-6-15-17(10-14)27-18(19(15)22)9-12-8-13(21)4-7-16(12)24-2/h4-11H,1-3H3/t11-/m0/s1. The highest BCUT2D eigenvalue weighted by atomic mass is 79.9. The number of allylic oxidation sites excluding steroid dienone is 1. The van der Waals surface area contributed by atoms with Gasteiger partial charge in [-0.1, -0.05) is 15.9 Å². The molecule has 0 aliphatic carbocycles. The van der Waals surface area contributed by atoms with E-state index in [1.807, 2.05) is 12.1 Å². The highest BCUT2D eigenvalue weighted by molar-refractivity contribution is 9.10. The molecule has 7 heteroatoms. The average molecular weight is 433 g/mol. The van der Waals surface area contributed by atoms with Crippen molar-refractivity contribution >= 4 is 33.8 Å². The molecule has 0 aromatic heterocycles. The maximum absolute atomic E-state index is 12.6. The summed E-state index contributed by atoms with van der Waals surface area (Å²) in [6.07, 6.45) is 0.856. The minimum absolute atomic E-state index is 0.180. The second-order valence-electron chi connectivity index (χ2n) is 5.77. The number of carbonyl (C=O) groups excluding carboxylic acids is 2. The van der Waals surface area contributed by atoms with Crippen LogP contribution in [-0.2, 0) is 9.53 Å². The fourth-order valence-corrected chi connectivity index (χ4v) is 3.00. The molecular formula is C20H17BrO6. The van der Waals surface area contributed by atoms with Crippen molar-refractivity contribution in [3.8, 4) is 17.2 Å². The third kappa shape index (κ3) is 3.98. The number of esters is 1. The SMILES string of the molecule is COC(=O)[C@H](C)Oc1ccc2c(c1)OC(=Cc1cc(Br)ccc1OC)C2=O. The van der Waals surface area contributed by atoms with E-state index in [-0.39, 0.29) is 11.5 Å². The van der Waals surface area contributed by atoms with Gasteiger partial charge in [0.1, 0.15) is 17.2 Å². The van der Waals surface area contributed by atoms with Gasteiger partial charge in [0.2, 0.25) is 5.78 Å². The van der Waals surface area contributed by atoms with Crippen molar-refractivity contribution in [2.24, 2.45) is 0 Å². The summed E-state index contributed by atoms with van der Waals surface area (Å²) in [5.74, 6) is 0.846. The molecule has 0 saturated heterocycles. The van der Waals surface area contributed by atoms with Gasteiger partial charge in [0, 0.05) is 16.1 Å². The molecule has 0 amide bonds. The van der Waals surface area contributed by atoms with Crippen LogP contribution in [0.25, 0.3) is 6.08 Å². The molecule has 1 heterocycles. The Morgan fingerprint density at radius 1 is 1.19 bits per heavy atom. The zero-order valence-corrected chi connectivity index (χ0v) is 16.5. The molecule has 0 N–H and O–H groups in total. The molecule has 0 saturated carbocycles. The van der Waals surface area contributed by atoms with Crippen LogP contribution in [0.3, 0.4) is 0 Å². The van der Waals surface area contributed by atoms with Crippen molar-refractivity contribution in [2.75, 3.05) is 14.2 Å². The third-order valence-corrected chi connectivity index (χ3v) is 4.46. The van der Waals surface area contributed by atoms with Gasteiger partial charge >= 0.3 is 5.97 Å². The Bertz CT molecular complexity index is 934. The monoisotopic (exact) mass is 432 g/mol. The van der Waals surface area contributed by atoms with E-state index in [2.05, 4.69) is 20.7 Å². The van der Waals surface area contributed by atoms with E-state index in [1.54, 1.807) is 44.4 Å². The number of halogens is 1. The highest BCUT2D eigenvalue weighted by Crippen LogP contribution is 2.36. The van der Waals surface area contributed by atoms with Crippen LogP contribution in [0.1, 0.15) is 22.8 Å². The lowest BCUT2D eigenvalue weighted by Crippen LogP contribution is -2.24. The van der Waals surface area contributed by atoms with E-state index in [0.717, 1.165) is 4.47 Å². The molecule has 1 aliphatic heterocycles. The number of hydrogen-bond acceptors (Lipinski definition) is 6. The van der Waals surface area contributed by atoms with Crippen molar-refractivity contribution in [1.82, 2.24) is 0 Å². The molecule has 1 atom stereocenters. The maximum Gasteiger partial charge on any atom is 0.346 e. The summed E-state index contributed by atoms with van der Waals surface area (Å²) in [5.41, 5.74) is 1.13. The van der Waals surface area contributed by atoms with Gasteiger partial charge in [-0.25, -0.2) is 4.79 Å². The number of methoxy groups -OCH3 is 2. The molecule has 27 heavy (non-hydrogen) atoms. The second kappa shape index (κ2) is 7.84. The predicted octanol–water partition coefficient (Wildman–Crippen LogP) is 4.01. The highest BCUT2D eigenvalue weighted by Gasteiger charge is 2.28. The van der Waals surface area contributed by atoms with Crippen LogP contribution >= 0.6 is 15.9 Å². The third-order valence-electron chi connectivity index (χ3n) is 3.97. The number of Topliss-reactive ketones (excluding diaryl/α,β-unsaturated/α-hetero) is 1. The first-order valence-corrected chi connectivity index (χ1v) is 8.88. The van der Waals surface area contributed by atoms with Gasteiger partial charge < -0.3 is 18.9 Å². The van der Waals surface area contributed by atoms with E-state index >= 15 is 0 Å². The Hall–Kier alpha value is -2.80. The number of benzene rings is 2. The van der Waals surface area contributed by atoms with Crippen molar-refractivity contribution in [3.05, 3.63) is 57.8 Å². The molecule has 0 bridgehead atoms. The first-order valence-electron chi connectivity index (χ1n) is 8.09. The Morgan fingerprint density at radius 2 is 1.96 bits per heavy atom. The summed E-state index contributed by atoms with van der Waals surface area (Å²) in [4.78, 5) is 24.1. The van der Waals surface area contributed by atoms with Crippen molar-refractivity contribution in [2.45, 2.75) is 13.0 Å². The summed E-state index contributed by atoms with van der Waals surface area (Å²) in [6, 6.07) is 10.3. The van der Waals surface area contributed by atoms with Crippen molar-refractivity contribution in [1.29, 1.82) is 0 Å². The number of carbonyl (C=O) groups is 2. The summed E-state index contributed by atoms with van der Waals surface area (Å²) >= 11 is 3.40. The first-order chi connectivity index (χ1) is 12.9. The Kier molecular flexibility index (Phi) is 5.51. The lowest BCUT2D eigenvalue weighted by atomic mass is 10.1.